The van der Waals surface area contributed by atoms with Gasteiger partial charge in [-0.2, -0.15) is 5.10 Å². The highest BCUT2D eigenvalue weighted by atomic mass is 16.3. The second-order valence-corrected chi connectivity index (χ2v) is 6.68. The van der Waals surface area contributed by atoms with E-state index in [4.69, 9.17) is 0 Å². The van der Waals surface area contributed by atoms with Gasteiger partial charge in [-0.15, -0.1) is 0 Å². The minimum Gasteiger partial charge on any atom is -0.391 e. The van der Waals surface area contributed by atoms with Crippen molar-refractivity contribution in [3.8, 4) is 0 Å². The lowest BCUT2D eigenvalue weighted by molar-refractivity contribution is 0.132. The van der Waals surface area contributed by atoms with Crippen molar-refractivity contribution in [2.24, 2.45) is 0 Å². The van der Waals surface area contributed by atoms with Crippen LogP contribution in [-0.4, -0.2) is 21.0 Å². The average Bonchev–Trinajstić information content (AvgIpc) is 2.92. The Labute approximate surface area is 114 Å². The summed E-state index contributed by atoms with van der Waals surface area (Å²) in [5.41, 5.74) is 2.62. The van der Waals surface area contributed by atoms with Crippen molar-refractivity contribution in [2.75, 3.05) is 0 Å². The summed E-state index contributed by atoms with van der Waals surface area (Å²) >= 11 is 0. The molecule has 1 fully saturated rings. The Kier molecular flexibility index (Phi) is 2.90. The van der Waals surface area contributed by atoms with Crippen molar-refractivity contribution in [3.05, 3.63) is 30.0 Å². The first-order valence-electron chi connectivity index (χ1n) is 7.12. The van der Waals surface area contributed by atoms with Crippen LogP contribution in [0.2, 0.25) is 0 Å². The largest absolute Gasteiger partial charge is 0.391 e. The van der Waals surface area contributed by atoms with Crippen molar-refractivity contribution < 1.29 is 5.11 Å². The molecule has 3 rings (SSSR count). The first kappa shape index (κ1) is 12.7. The van der Waals surface area contributed by atoms with Gasteiger partial charge in [-0.25, -0.2) is 0 Å². The third-order valence-corrected chi connectivity index (χ3v) is 4.22. The molecule has 1 aliphatic rings. The van der Waals surface area contributed by atoms with E-state index in [0.717, 1.165) is 24.8 Å². The molecule has 2 unspecified atom stereocenters. The van der Waals surface area contributed by atoms with Crippen LogP contribution < -0.4 is 0 Å². The van der Waals surface area contributed by atoms with Crippen molar-refractivity contribution in [1.82, 2.24) is 9.78 Å². The average molecular weight is 258 g/mol. The maximum atomic E-state index is 10.0. The molecule has 1 saturated carbocycles. The molecule has 102 valence electrons. The summed E-state index contributed by atoms with van der Waals surface area (Å²) in [5, 5.41) is 15.7. The molecule has 3 heteroatoms. The van der Waals surface area contributed by atoms with Crippen LogP contribution in [0.3, 0.4) is 0 Å². The zero-order valence-electron chi connectivity index (χ0n) is 11.9. The number of aliphatic hydroxyl groups excluding tert-OH is 1. The summed E-state index contributed by atoms with van der Waals surface area (Å²) in [6.07, 6.45) is 4.69. The summed E-state index contributed by atoms with van der Waals surface area (Å²) in [4.78, 5) is 0. The fourth-order valence-corrected chi connectivity index (χ4v) is 2.99. The fourth-order valence-electron chi connectivity index (χ4n) is 2.99. The van der Waals surface area contributed by atoms with E-state index in [2.05, 4.69) is 44.1 Å². The van der Waals surface area contributed by atoms with Gasteiger partial charge in [0, 0.05) is 5.39 Å². The third kappa shape index (κ3) is 2.16. The van der Waals surface area contributed by atoms with E-state index in [9.17, 15) is 5.11 Å². The van der Waals surface area contributed by atoms with Crippen LogP contribution >= 0.6 is 0 Å². The number of nitrogens with zero attached hydrogens (tertiary/aromatic N) is 2. The molecule has 1 aromatic carbocycles. The molecule has 1 aliphatic carbocycles. The van der Waals surface area contributed by atoms with Crippen molar-refractivity contribution >= 4 is 10.9 Å². The summed E-state index contributed by atoms with van der Waals surface area (Å²) in [7, 11) is 0. The SMILES string of the molecule is CC(C)(C)c1ccc2c(cnn2C2CCCC2O)c1. The third-order valence-electron chi connectivity index (χ3n) is 4.22. The van der Waals surface area contributed by atoms with Gasteiger partial charge in [0.05, 0.1) is 23.9 Å². The standard InChI is InChI=1S/C16H22N2O/c1-16(2,3)12-7-8-13-11(9-12)10-17-18(13)14-5-4-6-15(14)19/h7-10,14-15,19H,4-6H2,1-3H3. The monoisotopic (exact) mass is 258 g/mol. The van der Waals surface area contributed by atoms with Gasteiger partial charge in [0.15, 0.2) is 0 Å². The maximum absolute atomic E-state index is 10.0. The molecule has 0 radical (unpaired) electrons. The molecule has 0 amide bonds. The summed E-state index contributed by atoms with van der Waals surface area (Å²) < 4.78 is 2.01. The van der Waals surface area contributed by atoms with Crippen molar-refractivity contribution in [3.63, 3.8) is 0 Å². The van der Waals surface area contributed by atoms with Crippen molar-refractivity contribution in [1.29, 1.82) is 0 Å². The van der Waals surface area contributed by atoms with Gasteiger partial charge < -0.3 is 5.11 Å². The lowest BCUT2D eigenvalue weighted by Crippen LogP contribution is -2.19. The van der Waals surface area contributed by atoms with Crippen LogP contribution in [0.1, 0.15) is 51.6 Å². The highest BCUT2D eigenvalue weighted by Crippen LogP contribution is 2.33. The minimum absolute atomic E-state index is 0.151. The van der Waals surface area contributed by atoms with Crippen molar-refractivity contribution in [2.45, 2.75) is 57.6 Å². The van der Waals surface area contributed by atoms with E-state index in [1.165, 1.54) is 10.9 Å². The predicted octanol–water partition coefficient (Wildman–Crippen LogP) is 3.42. The first-order chi connectivity index (χ1) is 8.97. The molecule has 1 aromatic heterocycles. The Morgan fingerprint density at radius 3 is 2.68 bits per heavy atom. The topological polar surface area (TPSA) is 38.0 Å². The minimum atomic E-state index is -0.245. The van der Waals surface area contributed by atoms with Crippen LogP contribution in [0.25, 0.3) is 10.9 Å². The van der Waals surface area contributed by atoms with Gasteiger partial charge in [-0.1, -0.05) is 26.8 Å². The second-order valence-electron chi connectivity index (χ2n) is 6.68. The van der Waals surface area contributed by atoms with E-state index in [-0.39, 0.29) is 17.6 Å². The van der Waals surface area contributed by atoms with Crippen LogP contribution in [0.5, 0.6) is 0 Å². The molecule has 19 heavy (non-hydrogen) atoms. The van der Waals surface area contributed by atoms with Gasteiger partial charge >= 0.3 is 0 Å². The number of hydrogen-bond acceptors (Lipinski definition) is 2. The molecule has 0 bridgehead atoms. The Balaban J connectivity index is 2.05. The van der Waals surface area contributed by atoms with Gasteiger partial charge in [-0.05, 0) is 42.4 Å². The molecule has 1 heterocycles. The lowest BCUT2D eigenvalue weighted by Gasteiger charge is -2.20. The molecule has 3 nitrogen and oxygen atoms in total. The van der Waals surface area contributed by atoms with E-state index in [1.54, 1.807) is 0 Å². The smallest absolute Gasteiger partial charge is 0.0785 e. The molecule has 0 spiro atoms. The van der Waals surface area contributed by atoms with E-state index in [0.29, 0.717) is 0 Å². The van der Waals surface area contributed by atoms with Crippen LogP contribution in [0.4, 0.5) is 0 Å². The van der Waals surface area contributed by atoms with E-state index >= 15 is 0 Å². The Morgan fingerprint density at radius 1 is 1.26 bits per heavy atom. The zero-order chi connectivity index (χ0) is 13.6. The van der Waals surface area contributed by atoms with Crippen LogP contribution in [0, 0.1) is 0 Å². The molecular formula is C16H22N2O. The number of benzene rings is 1. The normalized spacial score (nSPS) is 24.2. The highest BCUT2D eigenvalue weighted by Gasteiger charge is 2.28. The summed E-state index contributed by atoms with van der Waals surface area (Å²) in [5.74, 6) is 0. The van der Waals surface area contributed by atoms with Gasteiger partial charge in [0.25, 0.3) is 0 Å². The second kappa shape index (κ2) is 4.34. The summed E-state index contributed by atoms with van der Waals surface area (Å²) in [6.45, 7) is 6.66. The fraction of sp³-hybridized carbons (Fsp3) is 0.562. The number of hydrogen-bond donors (Lipinski definition) is 1. The molecule has 0 aliphatic heterocycles. The molecule has 0 saturated heterocycles. The van der Waals surface area contributed by atoms with Crippen LogP contribution in [0.15, 0.2) is 24.4 Å². The highest BCUT2D eigenvalue weighted by molar-refractivity contribution is 5.79. The molecule has 2 aromatic rings. The van der Waals surface area contributed by atoms with Gasteiger partial charge in [-0.3, -0.25) is 4.68 Å². The summed E-state index contributed by atoms with van der Waals surface area (Å²) in [6, 6.07) is 6.70. The number of fused-ring (bicyclic) bond motifs is 1. The van der Waals surface area contributed by atoms with E-state index < -0.39 is 0 Å². The Hall–Kier alpha value is -1.35. The zero-order valence-corrected chi connectivity index (χ0v) is 11.9. The Morgan fingerprint density at radius 2 is 2.05 bits per heavy atom. The number of aliphatic hydroxyl groups is 1. The molecular weight excluding hydrogens is 236 g/mol. The molecule has 1 N–H and O–H groups in total. The van der Waals surface area contributed by atoms with Gasteiger partial charge in [0.1, 0.15) is 0 Å². The maximum Gasteiger partial charge on any atom is 0.0785 e. The van der Waals surface area contributed by atoms with Gasteiger partial charge in [0.2, 0.25) is 0 Å². The molecule has 2 atom stereocenters. The predicted molar refractivity (Wildman–Crippen MR) is 77.3 cm³/mol. The Bertz CT molecular complexity index is 594. The quantitative estimate of drug-likeness (QED) is 0.851. The van der Waals surface area contributed by atoms with Crippen LogP contribution in [-0.2, 0) is 5.41 Å². The first-order valence-corrected chi connectivity index (χ1v) is 7.12. The lowest BCUT2D eigenvalue weighted by atomic mass is 9.86. The van der Waals surface area contributed by atoms with E-state index in [1.807, 2.05) is 10.9 Å². The number of aromatic nitrogens is 2. The number of rotatable bonds is 1.